The van der Waals surface area contributed by atoms with Gasteiger partial charge < -0.3 is 19.5 Å². The Bertz CT molecular complexity index is 741. The number of aromatic nitrogens is 1. The molecule has 2 aromatic rings. The maximum absolute atomic E-state index is 11.3. The van der Waals surface area contributed by atoms with Gasteiger partial charge in [0.25, 0.3) is 0 Å². The van der Waals surface area contributed by atoms with E-state index in [4.69, 9.17) is 9.15 Å². The molecule has 0 radical (unpaired) electrons. The van der Waals surface area contributed by atoms with E-state index in [0.29, 0.717) is 5.76 Å². The van der Waals surface area contributed by atoms with Gasteiger partial charge in [-0.05, 0) is 24.3 Å². The van der Waals surface area contributed by atoms with Crippen LogP contribution in [0.2, 0.25) is 0 Å². The first-order valence-electron chi connectivity index (χ1n) is 6.36. The van der Waals surface area contributed by atoms with Crippen molar-refractivity contribution in [3.8, 4) is 17.1 Å². The van der Waals surface area contributed by atoms with Crippen molar-refractivity contribution in [3.05, 3.63) is 41.7 Å². The van der Waals surface area contributed by atoms with Crippen LogP contribution in [0.1, 0.15) is 5.89 Å². The number of rotatable bonds is 4. The third kappa shape index (κ3) is 3.98. The van der Waals surface area contributed by atoms with Crippen LogP contribution in [-0.2, 0) is 4.79 Å². The van der Waals surface area contributed by atoms with E-state index in [1.165, 1.54) is 6.21 Å². The molecule has 0 spiro atoms. The second kappa shape index (κ2) is 7.40. The normalized spacial score (nSPS) is 14.0. The maximum Gasteiger partial charge on any atom is 1.00 e. The number of urea groups is 1. The fourth-order valence-corrected chi connectivity index (χ4v) is 1.84. The summed E-state index contributed by atoms with van der Waals surface area (Å²) in [6.07, 6.45) is 2.81. The Balaban J connectivity index is 0.00000192. The molecule has 2 heterocycles. The molecule has 0 atom stereocenters. The molecule has 0 saturated carbocycles. The molecule has 3 amide bonds. The van der Waals surface area contributed by atoms with Crippen molar-refractivity contribution < 1.29 is 48.3 Å². The predicted molar refractivity (Wildman–Crippen MR) is 76.6 cm³/mol. The number of carbonyl (C=O) groups excluding carboxylic acids is 2. The molecule has 9 heteroatoms. The topological polar surface area (TPSA) is 99.1 Å². The summed E-state index contributed by atoms with van der Waals surface area (Å²) in [5.74, 6) is 0.995. The van der Waals surface area contributed by atoms with Crippen molar-refractivity contribution in [1.29, 1.82) is 0 Å². The van der Waals surface area contributed by atoms with Gasteiger partial charge in [0.2, 0.25) is 5.89 Å². The van der Waals surface area contributed by atoms with Crippen molar-refractivity contribution in [2.24, 2.45) is 5.10 Å². The number of benzene rings is 1. The van der Waals surface area contributed by atoms with E-state index in [2.05, 4.69) is 15.4 Å². The first-order chi connectivity index (χ1) is 10.7. The minimum Gasteiger partial charge on any atom is -0.497 e. The molecule has 0 bridgehead atoms. The summed E-state index contributed by atoms with van der Waals surface area (Å²) in [7, 11) is 1.59. The zero-order valence-corrected chi connectivity index (χ0v) is 14.6. The third-order valence-corrected chi connectivity index (χ3v) is 2.93. The summed E-state index contributed by atoms with van der Waals surface area (Å²) in [6.45, 7) is -0.165. The molecule has 8 nitrogen and oxygen atoms in total. The number of carbonyl (C=O) groups is 2. The monoisotopic (exact) mass is 322 g/mol. The molecule has 1 aliphatic heterocycles. The van der Waals surface area contributed by atoms with E-state index in [1.807, 2.05) is 24.3 Å². The summed E-state index contributed by atoms with van der Waals surface area (Å²) < 4.78 is 10.6. The summed E-state index contributed by atoms with van der Waals surface area (Å²) >= 11 is 0. The standard InChI is InChI=1S/C14H12N4O4.Na/c1-21-10-4-2-9(3-5-10)11-6-15-13(22-11)7-16-18-8-12(19)17-14(18)20;/h2-7H,8H2,1H3,(H,17,19,20);/q;+1/p-1/b16-7+;. The number of nitrogens with zero attached hydrogens (tertiary/aromatic N) is 4. The second-order valence-corrected chi connectivity index (χ2v) is 4.38. The van der Waals surface area contributed by atoms with Crippen molar-refractivity contribution in [2.75, 3.05) is 13.7 Å². The summed E-state index contributed by atoms with van der Waals surface area (Å²) in [5, 5.41) is 7.99. The maximum atomic E-state index is 11.3. The van der Waals surface area contributed by atoms with Crippen molar-refractivity contribution >= 4 is 18.2 Å². The number of hydrogen-bond donors (Lipinski definition) is 0. The van der Waals surface area contributed by atoms with Gasteiger partial charge in [0.15, 0.2) is 17.7 Å². The van der Waals surface area contributed by atoms with Gasteiger partial charge in [0, 0.05) is 12.1 Å². The fourth-order valence-electron chi connectivity index (χ4n) is 1.84. The van der Waals surface area contributed by atoms with Crippen LogP contribution in [0, 0.1) is 0 Å². The van der Waals surface area contributed by atoms with Crippen LogP contribution in [0.3, 0.4) is 0 Å². The van der Waals surface area contributed by atoms with Gasteiger partial charge in [-0.2, -0.15) is 0 Å². The molecule has 1 aliphatic rings. The molecule has 0 N–H and O–H groups in total. The molecular weight excluding hydrogens is 311 g/mol. The van der Waals surface area contributed by atoms with Gasteiger partial charge >= 0.3 is 29.6 Å². The first-order valence-corrected chi connectivity index (χ1v) is 6.36. The number of oxazole rings is 1. The number of ether oxygens (including phenoxy) is 1. The van der Waals surface area contributed by atoms with E-state index in [0.717, 1.165) is 16.3 Å². The summed E-state index contributed by atoms with van der Waals surface area (Å²) in [6, 6.07) is 6.59. The molecule has 1 fully saturated rings. The van der Waals surface area contributed by atoms with E-state index in [-0.39, 0.29) is 42.0 Å². The number of hydrogen-bond acceptors (Lipinski definition) is 6. The molecule has 112 valence electrons. The van der Waals surface area contributed by atoms with E-state index in [9.17, 15) is 9.59 Å². The Morgan fingerprint density at radius 1 is 1.35 bits per heavy atom. The van der Waals surface area contributed by atoms with Gasteiger partial charge in [-0.15, -0.1) is 0 Å². The molecule has 1 aromatic carbocycles. The van der Waals surface area contributed by atoms with Crippen molar-refractivity contribution in [1.82, 2.24) is 9.99 Å². The molecular formula is C14H11N4NaO4. The third-order valence-electron chi connectivity index (χ3n) is 2.93. The quantitative estimate of drug-likeness (QED) is 0.409. The Hall–Kier alpha value is -2.16. The fraction of sp³-hybridized carbons (Fsp3) is 0.143. The summed E-state index contributed by atoms with van der Waals surface area (Å²) in [4.78, 5) is 26.3. The van der Waals surface area contributed by atoms with E-state index < -0.39 is 11.9 Å². The molecule has 0 unspecified atom stereocenters. The van der Waals surface area contributed by atoms with Crippen molar-refractivity contribution in [2.45, 2.75) is 0 Å². The van der Waals surface area contributed by atoms with Crippen LogP contribution in [0.4, 0.5) is 4.79 Å². The zero-order chi connectivity index (χ0) is 15.5. The Morgan fingerprint density at radius 2 is 2.09 bits per heavy atom. The SMILES string of the molecule is COc1ccc(-c2cnc(/C=N/N3CC(=O)[N-]C3=O)o2)cc1.[Na+]. The van der Waals surface area contributed by atoms with Gasteiger partial charge in [-0.1, -0.05) is 0 Å². The molecule has 3 rings (SSSR count). The first kappa shape index (κ1) is 17.2. The average molecular weight is 322 g/mol. The minimum absolute atomic E-state index is 0. The van der Waals surface area contributed by atoms with Gasteiger partial charge in [0.1, 0.15) is 5.75 Å². The van der Waals surface area contributed by atoms with Crippen LogP contribution in [-0.4, -0.2) is 41.8 Å². The van der Waals surface area contributed by atoms with Crippen LogP contribution < -0.4 is 34.3 Å². The molecule has 1 saturated heterocycles. The number of methoxy groups -OCH3 is 1. The van der Waals surface area contributed by atoms with Crippen molar-refractivity contribution in [3.63, 3.8) is 0 Å². The average Bonchev–Trinajstić information content (AvgIpc) is 3.12. The Morgan fingerprint density at radius 3 is 2.70 bits per heavy atom. The number of imide groups is 1. The smallest absolute Gasteiger partial charge is 0.497 e. The predicted octanol–water partition coefficient (Wildman–Crippen LogP) is -0.976. The Labute approximate surface area is 153 Å². The van der Waals surface area contributed by atoms with E-state index in [1.54, 1.807) is 13.3 Å². The zero-order valence-electron chi connectivity index (χ0n) is 12.6. The number of hydrazone groups is 1. The molecule has 1 aromatic heterocycles. The molecule has 23 heavy (non-hydrogen) atoms. The number of amides is 3. The second-order valence-electron chi connectivity index (χ2n) is 4.38. The minimum atomic E-state index is -0.691. The van der Waals surface area contributed by atoms with Gasteiger partial charge in [-0.25, -0.2) is 4.98 Å². The van der Waals surface area contributed by atoms with Crippen LogP contribution in [0.25, 0.3) is 16.6 Å². The van der Waals surface area contributed by atoms with Crippen LogP contribution >= 0.6 is 0 Å². The summed E-state index contributed by atoms with van der Waals surface area (Å²) in [5.41, 5.74) is 0.829. The Kier molecular flexibility index (Phi) is 5.54. The van der Waals surface area contributed by atoms with Crippen LogP contribution in [0.5, 0.6) is 5.75 Å². The van der Waals surface area contributed by atoms with E-state index >= 15 is 0 Å². The largest absolute Gasteiger partial charge is 1.00 e. The van der Waals surface area contributed by atoms with Gasteiger partial charge in [-0.3, -0.25) is 14.7 Å². The molecule has 0 aliphatic carbocycles. The van der Waals surface area contributed by atoms with Crippen LogP contribution in [0.15, 0.2) is 40.0 Å². The van der Waals surface area contributed by atoms with Gasteiger partial charge in [0.05, 0.1) is 19.5 Å².